The first-order chi connectivity index (χ1) is 14.3. The van der Waals surface area contributed by atoms with Gasteiger partial charge in [0, 0.05) is 30.5 Å². The lowest BCUT2D eigenvalue weighted by molar-refractivity contribution is 0.0950. The molecule has 3 heterocycles. The standard InChI is InChI=1S/C23H21N3O3/c27-23(25-14-16-7-8-20-21(12-16)29-15-28-20)18-9-10-24-22(13-18)26-11-3-5-17-4-1-2-6-19(17)26/h1-2,4,6-10,12-13H,3,5,11,14-15H2,(H,25,27). The van der Waals surface area contributed by atoms with Crippen LogP contribution in [0, 0.1) is 0 Å². The van der Waals surface area contributed by atoms with Gasteiger partial charge in [0.25, 0.3) is 5.91 Å². The van der Waals surface area contributed by atoms with E-state index in [0.29, 0.717) is 17.9 Å². The number of nitrogens with one attached hydrogen (secondary N) is 1. The Hall–Kier alpha value is -3.54. The lowest BCUT2D eigenvalue weighted by Gasteiger charge is -2.30. The molecule has 2 aliphatic rings. The zero-order valence-electron chi connectivity index (χ0n) is 15.9. The molecule has 0 aliphatic carbocycles. The molecule has 0 bridgehead atoms. The van der Waals surface area contributed by atoms with Gasteiger partial charge in [-0.3, -0.25) is 4.79 Å². The van der Waals surface area contributed by atoms with E-state index in [0.717, 1.165) is 36.5 Å². The Morgan fingerprint density at radius 2 is 1.97 bits per heavy atom. The van der Waals surface area contributed by atoms with Crippen LogP contribution in [0.15, 0.2) is 60.8 Å². The van der Waals surface area contributed by atoms with Crippen molar-refractivity contribution in [2.24, 2.45) is 0 Å². The molecule has 1 amide bonds. The molecular weight excluding hydrogens is 366 g/mol. The number of amides is 1. The molecule has 2 aromatic carbocycles. The lowest BCUT2D eigenvalue weighted by Crippen LogP contribution is -2.26. The number of fused-ring (bicyclic) bond motifs is 2. The molecule has 1 N–H and O–H groups in total. The smallest absolute Gasteiger partial charge is 0.251 e. The molecule has 0 fully saturated rings. The molecule has 0 atom stereocenters. The highest BCUT2D eigenvalue weighted by atomic mass is 16.7. The summed E-state index contributed by atoms with van der Waals surface area (Å²) in [6.07, 6.45) is 3.84. The van der Waals surface area contributed by atoms with Gasteiger partial charge in [0.15, 0.2) is 11.5 Å². The van der Waals surface area contributed by atoms with E-state index < -0.39 is 0 Å². The van der Waals surface area contributed by atoms with Crippen molar-refractivity contribution in [1.82, 2.24) is 10.3 Å². The Kier molecular flexibility index (Phi) is 4.52. The number of hydrogen-bond acceptors (Lipinski definition) is 5. The fourth-order valence-electron chi connectivity index (χ4n) is 3.81. The Labute approximate surface area is 169 Å². The van der Waals surface area contributed by atoms with Crippen molar-refractivity contribution in [3.8, 4) is 11.5 Å². The van der Waals surface area contributed by atoms with Crippen molar-refractivity contribution in [1.29, 1.82) is 0 Å². The van der Waals surface area contributed by atoms with Crippen LogP contribution in [0.2, 0.25) is 0 Å². The second-order valence-electron chi connectivity index (χ2n) is 7.16. The molecule has 2 aliphatic heterocycles. The van der Waals surface area contributed by atoms with E-state index in [-0.39, 0.29) is 12.7 Å². The van der Waals surface area contributed by atoms with Crippen LogP contribution in [-0.2, 0) is 13.0 Å². The van der Waals surface area contributed by atoms with Gasteiger partial charge in [0.1, 0.15) is 5.82 Å². The van der Waals surface area contributed by atoms with Crippen LogP contribution in [0.3, 0.4) is 0 Å². The third kappa shape index (κ3) is 3.49. The second kappa shape index (κ2) is 7.47. The van der Waals surface area contributed by atoms with Crippen LogP contribution in [0.1, 0.15) is 27.9 Å². The van der Waals surface area contributed by atoms with Crippen LogP contribution >= 0.6 is 0 Å². The number of nitrogens with zero attached hydrogens (tertiary/aromatic N) is 2. The number of ether oxygens (including phenoxy) is 2. The summed E-state index contributed by atoms with van der Waals surface area (Å²) >= 11 is 0. The third-order valence-electron chi connectivity index (χ3n) is 5.28. The van der Waals surface area contributed by atoms with E-state index >= 15 is 0 Å². The predicted molar refractivity (Wildman–Crippen MR) is 110 cm³/mol. The number of pyridine rings is 1. The van der Waals surface area contributed by atoms with Crippen LogP contribution in [0.5, 0.6) is 11.5 Å². The maximum absolute atomic E-state index is 12.7. The number of carbonyl (C=O) groups excluding carboxylic acids is 1. The Morgan fingerprint density at radius 1 is 1.07 bits per heavy atom. The molecular formula is C23H21N3O3. The average Bonchev–Trinajstić information content (AvgIpc) is 3.25. The highest BCUT2D eigenvalue weighted by molar-refractivity contribution is 5.95. The number of rotatable bonds is 4. The predicted octanol–water partition coefficient (Wildman–Crippen LogP) is 3.82. The summed E-state index contributed by atoms with van der Waals surface area (Å²) in [5, 5.41) is 2.97. The molecule has 0 saturated carbocycles. The molecule has 6 nitrogen and oxygen atoms in total. The number of aryl methyl sites for hydroxylation is 1. The number of anilines is 2. The first-order valence-electron chi connectivity index (χ1n) is 9.76. The van der Waals surface area contributed by atoms with E-state index in [4.69, 9.17) is 9.47 Å². The maximum atomic E-state index is 12.7. The SMILES string of the molecule is O=C(NCc1ccc2c(c1)OCO2)c1ccnc(N2CCCc3ccccc32)c1. The lowest BCUT2D eigenvalue weighted by atomic mass is 10.0. The van der Waals surface area contributed by atoms with Gasteiger partial charge >= 0.3 is 0 Å². The first-order valence-corrected chi connectivity index (χ1v) is 9.76. The number of benzene rings is 2. The van der Waals surface area contributed by atoms with Gasteiger partial charge in [0.2, 0.25) is 6.79 Å². The molecule has 146 valence electrons. The number of para-hydroxylation sites is 1. The van der Waals surface area contributed by atoms with E-state index in [2.05, 4.69) is 33.4 Å². The zero-order chi connectivity index (χ0) is 19.6. The van der Waals surface area contributed by atoms with Gasteiger partial charge in [-0.2, -0.15) is 0 Å². The number of hydrogen-bond donors (Lipinski definition) is 1. The molecule has 3 aromatic rings. The Bertz CT molecular complexity index is 1070. The summed E-state index contributed by atoms with van der Waals surface area (Å²) in [6.45, 7) is 1.55. The summed E-state index contributed by atoms with van der Waals surface area (Å²) in [7, 11) is 0. The normalized spacial score (nSPS) is 14.4. The van der Waals surface area contributed by atoms with Gasteiger partial charge in [-0.25, -0.2) is 4.98 Å². The highest BCUT2D eigenvalue weighted by Gasteiger charge is 2.20. The maximum Gasteiger partial charge on any atom is 0.251 e. The summed E-state index contributed by atoms with van der Waals surface area (Å²) in [6, 6.07) is 17.7. The van der Waals surface area contributed by atoms with E-state index in [1.165, 1.54) is 11.3 Å². The quantitative estimate of drug-likeness (QED) is 0.737. The molecule has 5 rings (SSSR count). The molecule has 6 heteroatoms. The Balaban J connectivity index is 1.32. The minimum atomic E-state index is -0.128. The van der Waals surface area contributed by atoms with Crippen molar-refractivity contribution < 1.29 is 14.3 Å². The van der Waals surface area contributed by atoms with Gasteiger partial charge in [-0.15, -0.1) is 0 Å². The average molecular weight is 387 g/mol. The Morgan fingerprint density at radius 3 is 2.93 bits per heavy atom. The number of aromatic nitrogens is 1. The molecule has 1 aromatic heterocycles. The second-order valence-corrected chi connectivity index (χ2v) is 7.16. The number of carbonyl (C=O) groups is 1. The van der Waals surface area contributed by atoms with Crippen molar-refractivity contribution >= 4 is 17.4 Å². The van der Waals surface area contributed by atoms with Crippen LogP contribution in [0.25, 0.3) is 0 Å². The van der Waals surface area contributed by atoms with Crippen molar-refractivity contribution in [3.05, 3.63) is 77.5 Å². The van der Waals surface area contributed by atoms with Gasteiger partial charge in [-0.1, -0.05) is 24.3 Å². The van der Waals surface area contributed by atoms with E-state index in [9.17, 15) is 4.79 Å². The summed E-state index contributed by atoms with van der Waals surface area (Å²) in [5.41, 5.74) is 4.04. The fraction of sp³-hybridized carbons (Fsp3) is 0.217. The molecule has 29 heavy (non-hydrogen) atoms. The third-order valence-corrected chi connectivity index (χ3v) is 5.28. The summed E-state index contributed by atoms with van der Waals surface area (Å²) in [4.78, 5) is 19.4. The molecule has 0 spiro atoms. The minimum Gasteiger partial charge on any atom is -0.454 e. The largest absolute Gasteiger partial charge is 0.454 e. The van der Waals surface area contributed by atoms with Crippen LogP contribution < -0.4 is 19.7 Å². The van der Waals surface area contributed by atoms with Crippen LogP contribution in [-0.4, -0.2) is 24.2 Å². The zero-order valence-corrected chi connectivity index (χ0v) is 15.9. The fourth-order valence-corrected chi connectivity index (χ4v) is 3.81. The molecule has 0 radical (unpaired) electrons. The van der Waals surface area contributed by atoms with Crippen molar-refractivity contribution in [3.63, 3.8) is 0 Å². The first kappa shape index (κ1) is 17.6. The van der Waals surface area contributed by atoms with Crippen molar-refractivity contribution in [2.75, 3.05) is 18.2 Å². The highest BCUT2D eigenvalue weighted by Crippen LogP contribution is 2.33. The van der Waals surface area contributed by atoms with Gasteiger partial charge in [0.05, 0.1) is 0 Å². The van der Waals surface area contributed by atoms with E-state index in [1.54, 1.807) is 12.3 Å². The topological polar surface area (TPSA) is 63.7 Å². The molecule has 0 saturated heterocycles. The summed E-state index contributed by atoms with van der Waals surface area (Å²) in [5.74, 6) is 2.12. The van der Waals surface area contributed by atoms with E-state index in [1.807, 2.05) is 30.3 Å². The summed E-state index contributed by atoms with van der Waals surface area (Å²) < 4.78 is 10.7. The van der Waals surface area contributed by atoms with Crippen molar-refractivity contribution in [2.45, 2.75) is 19.4 Å². The monoisotopic (exact) mass is 387 g/mol. The van der Waals surface area contributed by atoms with Crippen LogP contribution in [0.4, 0.5) is 11.5 Å². The van der Waals surface area contributed by atoms with Gasteiger partial charge < -0.3 is 19.7 Å². The van der Waals surface area contributed by atoms with Gasteiger partial charge in [-0.05, 0) is 54.3 Å². The minimum absolute atomic E-state index is 0.128. The molecule has 0 unspecified atom stereocenters.